The highest BCUT2D eigenvalue weighted by Gasteiger charge is 2.27. The molecule has 2 aromatic carbocycles. The van der Waals surface area contributed by atoms with Gasteiger partial charge in [-0.3, -0.25) is 4.79 Å². The summed E-state index contributed by atoms with van der Waals surface area (Å²) in [7, 11) is 3.13. The average Bonchev–Trinajstić information content (AvgIpc) is 2.82. The van der Waals surface area contributed by atoms with E-state index in [4.69, 9.17) is 9.47 Å². The minimum Gasteiger partial charge on any atom is -0.493 e. The van der Waals surface area contributed by atoms with Gasteiger partial charge in [0.25, 0.3) is 0 Å². The van der Waals surface area contributed by atoms with E-state index in [1.165, 1.54) is 17.8 Å². The van der Waals surface area contributed by atoms with Crippen molar-refractivity contribution in [1.82, 2.24) is 10.2 Å². The van der Waals surface area contributed by atoms with Crippen LogP contribution in [0.3, 0.4) is 0 Å². The number of ether oxygens (including phenoxy) is 2. The molecule has 3 amide bonds. The molecule has 1 heterocycles. The lowest BCUT2D eigenvalue weighted by Crippen LogP contribution is -2.50. The van der Waals surface area contributed by atoms with Crippen LogP contribution < -0.4 is 20.1 Å². The zero-order chi connectivity index (χ0) is 24.0. The Morgan fingerprint density at radius 1 is 1.09 bits per heavy atom. The maximum absolute atomic E-state index is 13.5. The highest BCUT2D eigenvalue weighted by atomic mass is 32.2. The van der Waals surface area contributed by atoms with E-state index in [0.717, 1.165) is 23.3 Å². The molecule has 0 bridgehead atoms. The molecule has 0 aromatic heterocycles. The third kappa shape index (κ3) is 6.07. The van der Waals surface area contributed by atoms with Crippen LogP contribution in [-0.4, -0.2) is 55.7 Å². The number of hydrogen-bond donors (Lipinski definition) is 2. The molecule has 1 aliphatic rings. The molecular formula is C23H27F2N3O4S. The Morgan fingerprint density at radius 2 is 1.79 bits per heavy atom. The van der Waals surface area contributed by atoms with Crippen LogP contribution >= 0.6 is 11.8 Å². The van der Waals surface area contributed by atoms with Crippen LogP contribution in [0, 0.1) is 11.6 Å². The van der Waals surface area contributed by atoms with E-state index in [2.05, 4.69) is 10.6 Å². The molecule has 0 aliphatic carbocycles. The Hall–Kier alpha value is -3.01. The smallest absolute Gasteiger partial charge is 0.318 e. The summed E-state index contributed by atoms with van der Waals surface area (Å²) in [5.41, 5.74) is 2.14. The topological polar surface area (TPSA) is 79.9 Å². The number of rotatable bonds is 8. The van der Waals surface area contributed by atoms with Crippen LogP contribution in [0.2, 0.25) is 0 Å². The van der Waals surface area contributed by atoms with E-state index in [9.17, 15) is 18.4 Å². The van der Waals surface area contributed by atoms with Crippen molar-refractivity contribution >= 4 is 29.4 Å². The molecule has 0 spiro atoms. The first-order valence-electron chi connectivity index (χ1n) is 10.4. The Balaban J connectivity index is 1.69. The van der Waals surface area contributed by atoms with Gasteiger partial charge in [-0.2, -0.15) is 11.8 Å². The van der Waals surface area contributed by atoms with Crippen molar-refractivity contribution in [3.63, 3.8) is 0 Å². The Kier molecular flexibility index (Phi) is 8.37. The van der Waals surface area contributed by atoms with E-state index in [-0.39, 0.29) is 11.7 Å². The minimum absolute atomic E-state index is 0.121. The van der Waals surface area contributed by atoms with Gasteiger partial charge in [-0.25, -0.2) is 13.6 Å². The van der Waals surface area contributed by atoms with Gasteiger partial charge in [0, 0.05) is 24.8 Å². The van der Waals surface area contributed by atoms with Crippen LogP contribution in [0.1, 0.15) is 17.5 Å². The highest BCUT2D eigenvalue weighted by Crippen LogP contribution is 2.33. The summed E-state index contributed by atoms with van der Waals surface area (Å²) in [6.45, 7) is 0.843. The quantitative estimate of drug-likeness (QED) is 0.602. The molecule has 7 nitrogen and oxygen atoms in total. The van der Waals surface area contributed by atoms with Crippen molar-refractivity contribution in [3.05, 3.63) is 53.1 Å². The second-order valence-corrected chi connectivity index (χ2v) is 8.53. The number of methoxy groups -OCH3 is 2. The van der Waals surface area contributed by atoms with Crippen LogP contribution in [0.5, 0.6) is 11.5 Å². The molecule has 33 heavy (non-hydrogen) atoms. The molecule has 0 saturated carbocycles. The number of nitrogens with zero attached hydrogens (tertiary/aromatic N) is 1. The third-order valence-electron chi connectivity index (χ3n) is 5.42. The van der Waals surface area contributed by atoms with Crippen molar-refractivity contribution in [3.8, 4) is 11.5 Å². The van der Waals surface area contributed by atoms with Gasteiger partial charge in [-0.05, 0) is 60.2 Å². The molecule has 3 rings (SSSR count). The molecule has 0 fully saturated rings. The molecule has 1 aliphatic heterocycles. The molecule has 178 valence electrons. The van der Waals surface area contributed by atoms with Crippen LogP contribution in [-0.2, 0) is 17.8 Å². The lowest BCUT2D eigenvalue weighted by Gasteiger charge is -2.31. The lowest BCUT2D eigenvalue weighted by molar-refractivity contribution is -0.118. The molecule has 10 heteroatoms. The summed E-state index contributed by atoms with van der Waals surface area (Å²) in [6, 6.07) is 5.69. The van der Waals surface area contributed by atoms with Crippen molar-refractivity contribution in [2.45, 2.75) is 25.4 Å². The van der Waals surface area contributed by atoms with E-state index in [1.807, 2.05) is 18.4 Å². The summed E-state index contributed by atoms with van der Waals surface area (Å²) in [4.78, 5) is 27.4. The predicted octanol–water partition coefficient (Wildman–Crippen LogP) is 3.81. The van der Waals surface area contributed by atoms with Gasteiger partial charge < -0.3 is 25.0 Å². The number of hydrogen-bond acceptors (Lipinski definition) is 5. The minimum atomic E-state index is -1.06. The molecule has 0 radical (unpaired) electrons. The Bertz CT molecular complexity index is 1020. The number of amides is 3. The van der Waals surface area contributed by atoms with Gasteiger partial charge >= 0.3 is 6.03 Å². The Labute approximate surface area is 195 Å². The number of carbonyl (C=O) groups is 2. The van der Waals surface area contributed by atoms with Gasteiger partial charge in [-0.15, -0.1) is 0 Å². The largest absolute Gasteiger partial charge is 0.493 e. The fourth-order valence-electron chi connectivity index (χ4n) is 3.60. The van der Waals surface area contributed by atoms with Crippen molar-refractivity contribution in [2.24, 2.45) is 0 Å². The zero-order valence-corrected chi connectivity index (χ0v) is 19.6. The number of thioether (sulfide) groups is 1. The molecule has 0 unspecified atom stereocenters. The number of urea groups is 1. The SMILES string of the molecule is COc1cc2c(cc1OC)CN(C(=O)N[C@H](CCSC)C(=O)Nc1ccc(F)c(F)c1)CC2. The Morgan fingerprint density at radius 3 is 2.42 bits per heavy atom. The summed E-state index contributed by atoms with van der Waals surface area (Å²) in [6.07, 6.45) is 2.92. The van der Waals surface area contributed by atoms with E-state index in [1.54, 1.807) is 19.1 Å². The summed E-state index contributed by atoms with van der Waals surface area (Å²) >= 11 is 1.54. The maximum atomic E-state index is 13.5. The third-order valence-corrected chi connectivity index (χ3v) is 6.06. The molecule has 2 N–H and O–H groups in total. The highest BCUT2D eigenvalue weighted by molar-refractivity contribution is 7.98. The second kappa shape index (κ2) is 11.2. The van der Waals surface area contributed by atoms with Crippen molar-refractivity contribution in [2.75, 3.05) is 38.1 Å². The number of carbonyl (C=O) groups excluding carboxylic acids is 2. The fraction of sp³-hybridized carbons (Fsp3) is 0.391. The van der Waals surface area contributed by atoms with Gasteiger partial charge in [0.05, 0.1) is 14.2 Å². The summed E-state index contributed by atoms with van der Waals surface area (Å²) in [5, 5.41) is 5.34. The van der Waals surface area contributed by atoms with Crippen molar-refractivity contribution in [1.29, 1.82) is 0 Å². The molecular weight excluding hydrogens is 452 g/mol. The van der Waals surface area contributed by atoms with Crippen molar-refractivity contribution < 1.29 is 27.8 Å². The number of fused-ring (bicyclic) bond motifs is 1. The molecule has 1 atom stereocenters. The number of nitrogens with one attached hydrogen (secondary N) is 2. The monoisotopic (exact) mass is 479 g/mol. The fourth-order valence-corrected chi connectivity index (χ4v) is 4.08. The lowest BCUT2D eigenvalue weighted by atomic mass is 9.99. The van der Waals surface area contributed by atoms with Gasteiger partial charge in [0.15, 0.2) is 23.1 Å². The van der Waals surface area contributed by atoms with Crippen LogP contribution in [0.25, 0.3) is 0 Å². The second-order valence-electron chi connectivity index (χ2n) is 7.55. The van der Waals surface area contributed by atoms with E-state index in [0.29, 0.717) is 43.2 Å². The molecule has 0 saturated heterocycles. The van der Waals surface area contributed by atoms with Crippen LogP contribution in [0.15, 0.2) is 30.3 Å². The first-order valence-corrected chi connectivity index (χ1v) is 11.8. The first-order chi connectivity index (χ1) is 15.9. The maximum Gasteiger partial charge on any atom is 0.318 e. The van der Waals surface area contributed by atoms with Crippen LogP contribution in [0.4, 0.5) is 19.3 Å². The first kappa shape index (κ1) is 24.6. The normalized spacial score (nSPS) is 13.7. The number of halogens is 2. The number of anilines is 1. The average molecular weight is 480 g/mol. The van der Waals surface area contributed by atoms with E-state index < -0.39 is 23.6 Å². The van der Waals surface area contributed by atoms with Gasteiger partial charge in [-0.1, -0.05) is 0 Å². The summed E-state index contributed by atoms with van der Waals surface area (Å²) in [5.74, 6) is -0.693. The predicted molar refractivity (Wildman–Crippen MR) is 124 cm³/mol. The summed E-state index contributed by atoms with van der Waals surface area (Å²) < 4.78 is 37.4. The molecule has 2 aromatic rings. The van der Waals surface area contributed by atoms with Gasteiger partial charge in [0.2, 0.25) is 5.91 Å². The number of benzene rings is 2. The van der Waals surface area contributed by atoms with E-state index >= 15 is 0 Å². The standard InChI is InChI=1S/C23H27F2N3O4S/c1-31-20-10-14-6-8-28(13-15(14)11-21(20)32-2)23(30)27-19(7-9-33-3)22(29)26-16-4-5-17(24)18(25)12-16/h4-5,10-12,19H,6-9,13H2,1-3H3,(H,26,29)(H,27,30)/t19-/m1/s1. The zero-order valence-electron chi connectivity index (χ0n) is 18.7. The van der Waals surface area contributed by atoms with Gasteiger partial charge in [0.1, 0.15) is 6.04 Å².